The molecule has 2 saturated heterocycles. The van der Waals surface area contributed by atoms with Crippen LogP contribution in [-0.4, -0.2) is 63.9 Å². The largest absolute Gasteiger partial charge is 0.348 e. The molecule has 2 atom stereocenters. The Labute approximate surface area is 372 Å². The number of rotatable bonds is 11. The highest BCUT2D eigenvalue weighted by Crippen LogP contribution is 2.36. The van der Waals surface area contributed by atoms with Crippen molar-refractivity contribution in [1.29, 1.82) is 0 Å². The van der Waals surface area contributed by atoms with Gasteiger partial charge in [-0.3, -0.25) is 30.2 Å². The van der Waals surface area contributed by atoms with Gasteiger partial charge in [0.25, 0.3) is 11.8 Å². The topological polar surface area (TPSA) is 161 Å². The fraction of sp³-hybridized carbons (Fsp3) is 0.217. The molecule has 0 aliphatic carbocycles. The van der Waals surface area contributed by atoms with Crippen molar-refractivity contribution < 1.29 is 14.0 Å². The summed E-state index contributed by atoms with van der Waals surface area (Å²) in [5.74, 6) is 0.243. The van der Waals surface area contributed by atoms with Gasteiger partial charge >= 0.3 is 0 Å². The van der Waals surface area contributed by atoms with Crippen molar-refractivity contribution in [2.24, 2.45) is 0 Å². The van der Waals surface area contributed by atoms with Gasteiger partial charge in [0.2, 0.25) is 5.95 Å². The van der Waals surface area contributed by atoms with E-state index in [4.69, 9.17) is 4.98 Å². The lowest BCUT2D eigenvalue weighted by Crippen LogP contribution is -2.23. The molecule has 17 heteroatoms. The first-order valence-corrected chi connectivity index (χ1v) is 22.3. The number of carbonyl (C=O) groups excluding carboxylic acids is 2. The van der Waals surface area contributed by atoms with Crippen LogP contribution in [0.5, 0.6) is 0 Å². The fourth-order valence-electron chi connectivity index (χ4n) is 7.36. The molecule has 3 N–H and O–H groups in total. The van der Waals surface area contributed by atoms with Crippen LogP contribution in [0.3, 0.4) is 0 Å². The molecule has 8 aromatic heterocycles. The van der Waals surface area contributed by atoms with Crippen molar-refractivity contribution >= 4 is 50.6 Å². The van der Waals surface area contributed by atoms with Crippen LogP contribution in [0, 0.1) is 5.95 Å². The maximum atomic E-state index is 12.9. The zero-order chi connectivity index (χ0) is 43.2. The van der Waals surface area contributed by atoms with E-state index >= 15 is 0 Å². The highest BCUT2D eigenvalue weighted by molar-refractivity contribution is 7.14. The Bertz CT molecular complexity index is 2650. The van der Waals surface area contributed by atoms with Crippen LogP contribution >= 0.6 is 22.7 Å². The summed E-state index contributed by atoms with van der Waals surface area (Å²) >= 11 is 2.93. The van der Waals surface area contributed by atoms with E-state index in [1.165, 1.54) is 41.4 Å². The molecule has 2 amide bonds. The molecule has 320 valence electrons. The van der Waals surface area contributed by atoms with Crippen LogP contribution in [0.1, 0.15) is 81.3 Å². The van der Waals surface area contributed by atoms with Gasteiger partial charge in [-0.1, -0.05) is 12.1 Å². The number of anilines is 3. The quantitative estimate of drug-likeness (QED) is 0.107. The van der Waals surface area contributed by atoms with Crippen molar-refractivity contribution in [2.45, 2.75) is 50.9 Å². The van der Waals surface area contributed by atoms with Gasteiger partial charge < -0.3 is 19.4 Å². The third-order valence-electron chi connectivity index (χ3n) is 10.4. The lowest BCUT2D eigenvalue weighted by Gasteiger charge is -2.24. The first-order chi connectivity index (χ1) is 31.0. The van der Waals surface area contributed by atoms with Gasteiger partial charge in [0.1, 0.15) is 17.2 Å². The average Bonchev–Trinajstić information content (AvgIpc) is 4.18. The maximum absolute atomic E-state index is 12.9. The molecule has 0 saturated carbocycles. The van der Waals surface area contributed by atoms with Gasteiger partial charge in [0.15, 0.2) is 10.3 Å². The zero-order valence-electron chi connectivity index (χ0n) is 34.2. The van der Waals surface area contributed by atoms with Gasteiger partial charge in [-0.15, -0.1) is 22.7 Å². The van der Waals surface area contributed by atoms with Crippen molar-refractivity contribution in [3.05, 3.63) is 185 Å². The summed E-state index contributed by atoms with van der Waals surface area (Å²) in [6.45, 7) is 3.24. The number of pyridine rings is 4. The van der Waals surface area contributed by atoms with Gasteiger partial charge in [0, 0.05) is 80.0 Å². The summed E-state index contributed by atoms with van der Waals surface area (Å²) in [7, 11) is 0. The molecule has 0 bridgehead atoms. The summed E-state index contributed by atoms with van der Waals surface area (Å²) in [5, 5.41) is 14.6. The van der Waals surface area contributed by atoms with Crippen LogP contribution in [-0.2, 0) is 13.1 Å². The number of thiazole rings is 2. The lowest BCUT2D eigenvalue weighted by molar-refractivity contribution is 0.101. The third kappa shape index (κ3) is 11.5. The van der Waals surface area contributed by atoms with Crippen molar-refractivity contribution in [3.8, 4) is 0 Å². The maximum Gasteiger partial charge on any atom is 0.274 e. The van der Waals surface area contributed by atoms with E-state index in [1.54, 1.807) is 36.9 Å². The van der Waals surface area contributed by atoms with Gasteiger partial charge in [-0.25, -0.2) is 19.9 Å². The van der Waals surface area contributed by atoms with Crippen LogP contribution in [0.2, 0.25) is 0 Å². The normalized spacial score (nSPS) is 15.5. The van der Waals surface area contributed by atoms with Crippen LogP contribution < -0.4 is 20.9 Å². The molecule has 10 heterocycles. The van der Waals surface area contributed by atoms with E-state index in [9.17, 15) is 14.0 Å². The molecular weight excluding hydrogens is 836 g/mol. The molecule has 0 spiro atoms. The third-order valence-corrected chi connectivity index (χ3v) is 11.9. The van der Waals surface area contributed by atoms with Crippen molar-refractivity contribution in [3.63, 3.8) is 0 Å². The number of nitrogens with zero attached hydrogens (tertiary/aromatic N) is 9. The molecule has 0 unspecified atom stereocenters. The predicted octanol–water partition coefficient (Wildman–Crippen LogP) is 8.66. The van der Waals surface area contributed by atoms with Crippen LogP contribution in [0.25, 0.3) is 0 Å². The molecule has 10 rings (SSSR count). The Morgan fingerprint density at radius 1 is 0.667 bits per heavy atom. The minimum atomic E-state index is -0.428. The van der Waals surface area contributed by atoms with E-state index in [2.05, 4.69) is 45.8 Å². The summed E-state index contributed by atoms with van der Waals surface area (Å²) in [4.78, 5) is 53.0. The Hall–Kier alpha value is -6.95. The van der Waals surface area contributed by atoms with E-state index in [1.807, 2.05) is 105 Å². The molecule has 14 nitrogen and oxygen atoms in total. The second-order valence-electron chi connectivity index (χ2n) is 14.7. The number of hydrogen-bond acceptors (Lipinski definition) is 12. The van der Waals surface area contributed by atoms with Gasteiger partial charge in [0.05, 0.1) is 23.5 Å². The van der Waals surface area contributed by atoms with Crippen LogP contribution in [0.4, 0.5) is 20.5 Å². The second kappa shape index (κ2) is 21.2. The summed E-state index contributed by atoms with van der Waals surface area (Å²) in [6, 6.07) is 26.2. The first-order valence-electron chi connectivity index (χ1n) is 20.6. The number of halogens is 1. The Kier molecular flexibility index (Phi) is 14.4. The van der Waals surface area contributed by atoms with E-state index in [0.29, 0.717) is 40.8 Å². The lowest BCUT2D eigenvalue weighted by atomic mass is 10.2. The molecular formula is C46H45FN12O2S2. The van der Waals surface area contributed by atoms with E-state index < -0.39 is 5.95 Å². The average molecular weight is 881 g/mol. The zero-order valence-corrected chi connectivity index (χ0v) is 35.8. The predicted molar refractivity (Wildman–Crippen MR) is 243 cm³/mol. The highest BCUT2D eigenvalue weighted by atomic mass is 32.1. The summed E-state index contributed by atoms with van der Waals surface area (Å²) in [6.07, 6.45) is 18.5. The first kappa shape index (κ1) is 42.7. The molecule has 8 aromatic rings. The summed E-state index contributed by atoms with van der Waals surface area (Å²) in [5.41, 5.74) is 5.41. The van der Waals surface area contributed by atoms with Gasteiger partial charge in [-0.05, 0) is 116 Å². The van der Waals surface area contributed by atoms with Gasteiger partial charge in [-0.2, -0.15) is 4.39 Å². The Morgan fingerprint density at radius 3 is 1.78 bits per heavy atom. The summed E-state index contributed by atoms with van der Waals surface area (Å²) < 4.78 is 15.7. The van der Waals surface area contributed by atoms with Crippen LogP contribution in [0.15, 0.2) is 145 Å². The molecule has 0 aromatic carbocycles. The molecule has 2 aliphatic heterocycles. The SMILES string of the molecule is Fc1ccccn1.O=C(Nc1nc([C@H]2CCCN2)cs1)c1cccn1Cc1ccncc1.O=C(Nc1nc([C@H]2CCCN2c2ccccn2)cs1)c1cccn1Cc1ccncc1. The highest BCUT2D eigenvalue weighted by Gasteiger charge is 2.29. The molecule has 63 heavy (non-hydrogen) atoms. The minimum absolute atomic E-state index is 0.140. The van der Waals surface area contributed by atoms with E-state index in [0.717, 1.165) is 60.7 Å². The number of amides is 2. The van der Waals surface area contributed by atoms with E-state index in [-0.39, 0.29) is 17.9 Å². The Balaban J connectivity index is 0.000000152. The van der Waals surface area contributed by atoms with Crippen molar-refractivity contribution in [1.82, 2.24) is 44.4 Å². The monoisotopic (exact) mass is 880 g/mol. The standard InChI is InChI=1S/C23H22N6OS.C18H19N5OS.C5H4FN/c30-22(20-6-3-13-28(20)15-17-8-11-24-12-9-17)27-23-26-18(16-31-23)19-5-4-14-29(19)21-7-1-2-10-25-21;24-17(22-18-21-15(12-25-18)14-3-1-7-20-14)16-4-2-10-23(16)11-13-5-8-19-9-6-13;6-5-3-1-2-4-7-5/h1-3,6-13,16,19H,4-5,14-15H2,(H,26,27,30);2,4-6,8-10,12,14,20H,1,3,7,11H2,(H,21,22,24);1-4H/t19-;14-;/m11./s1. The number of hydrogen-bond donors (Lipinski definition) is 3. The second-order valence-corrected chi connectivity index (χ2v) is 16.4. The van der Waals surface area contributed by atoms with Crippen molar-refractivity contribution in [2.75, 3.05) is 28.6 Å². The Morgan fingerprint density at radius 2 is 1.25 bits per heavy atom. The number of nitrogens with one attached hydrogen (secondary N) is 3. The smallest absolute Gasteiger partial charge is 0.274 e. The molecule has 0 radical (unpaired) electrons. The number of aromatic nitrogens is 8. The molecule has 2 fully saturated rings. The minimum Gasteiger partial charge on any atom is -0.348 e. The fourth-order valence-corrected chi connectivity index (χ4v) is 8.87. The number of carbonyl (C=O) groups is 2. The molecule has 2 aliphatic rings.